The summed E-state index contributed by atoms with van der Waals surface area (Å²) in [6, 6.07) is 17.8. The Morgan fingerprint density at radius 1 is 1.00 bits per heavy atom. The number of benzene rings is 2. The van der Waals surface area contributed by atoms with Crippen LogP contribution < -0.4 is 5.32 Å². The van der Waals surface area contributed by atoms with E-state index in [1.807, 2.05) is 24.3 Å². The van der Waals surface area contributed by atoms with Crippen molar-refractivity contribution in [1.29, 1.82) is 0 Å². The molecule has 25 heavy (non-hydrogen) atoms. The van der Waals surface area contributed by atoms with Crippen LogP contribution in [-0.2, 0) is 16.0 Å². The molecule has 132 valence electrons. The lowest BCUT2D eigenvalue weighted by molar-refractivity contribution is -0.142. The minimum absolute atomic E-state index is 0.265. The average Bonchev–Trinajstić information content (AvgIpc) is 2.64. The fourth-order valence-corrected chi connectivity index (χ4v) is 3.04. The van der Waals surface area contributed by atoms with Crippen molar-refractivity contribution >= 4 is 24.5 Å². The molecule has 2 aromatic rings. The van der Waals surface area contributed by atoms with Crippen LogP contribution in [0.2, 0.25) is 0 Å². The first-order chi connectivity index (χ1) is 12.1. The Kier molecular flexibility index (Phi) is 7.54. The highest BCUT2D eigenvalue weighted by Gasteiger charge is 2.25. The number of hydrogen-bond acceptors (Lipinski definition) is 3. The zero-order valence-electron chi connectivity index (χ0n) is 14.0. The van der Waals surface area contributed by atoms with Crippen LogP contribution in [0.3, 0.4) is 0 Å². The summed E-state index contributed by atoms with van der Waals surface area (Å²) in [6.45, 7) is 0. The fourth-order valence-electron chi connectivity index (χ4n) is 2.70. The predicted octanol–water partition coefficient (Wildman–Crippen LogP) is 3.50. The van der Waals surface area contributed by atoms with Gasteiger partial charge in [-0.05, 0) is 30.4 Å². The fraction of sp³-hybridized carbons (Fsp3) is 0.300. The van der Waals surface area contributed by atoms with Gasteiger partial charge in [0.25, 0.3) is 0 Å². The Morgan fingerprint density at radius 2 is 1.60 bits per heavy atom. The number of carboxylic acids is 1. The van der Waals surface area contributed by atoms with Crippen LogP contribution in [0.5, 0.6) is 0 Å². The quantitative estimate of drug-likeness (QED) is 0.602. The van der Waals surface area contributed by atoms with Gasteiger partial charge in [-0.1, -0.05) is 60.7 Å². The van der Waals surface area contributed by atoms with E-state index in [-0.39, 0.29) is 11.8 Å². The van der Waals surface area contributed by atoms with E-state index in [4.69, 9.17) is 0 Å². The third kappa shape index (κ3) is 5.94. The summed E-state index contributed by atoms with van der Waals surface area (Å²) >= 11 is 4.27. The van der Waals surface area contributed by atoms with E-state index in [0.29, 0.717) is 17.7 Å². The van der Waals surface area contributed by atoms with Crippen molar-refractivity contribution in [1.82, 2.24) is 5.32 Å². The summed E-state index contributed by atoms with van der Waals surface area (Å²) in [4.78, 5) is 24.0. The molecular weight excluding hydrogens is 334 g/mol. The highest BCUT2D eigenvalue weighted by atomic mass is 32.1. The molecule has 0 aliphatic heterocycles. The van der Waals surface area contributed by atoms with Crippen LogP contribution in [0.1, 0.15) is 30.0 Å². The SMILES string of the molecule is O=C(N[C@@H](C(=O)O)c1ccccc1)[C@H](CS)CCCc1ccccc1. The maximum absolute atomic E-state index is 12.5. The number of carbonyl (C=O) groups is 2. The average molecular weight is 357 g/mol. The van der Waals surface area contributed by atoms with Gasteiger partial charge in [0, 0.05) is 11.7 Å². The van der Waals surface area contributed by atoms with Crippen molar-refractivity contribution in [2.45, 2.75) is 25.3 Å². The Labute approximate surface area is 153 Å². The molecule has 0 aromatic heterocycles. The first kappa shape index (κ1) is 19.1. The summed E-state index contributed by atoms with van der Waals surface area (Å²) in [5.74, 6) is -1.25. The number of hydrogen-bond donors (Lipinski definition) is 3. The number of aliphatic carboxylic acids is 1. The molecule has 0 saturated heterocycles. The number of amides is 1. The molecule has 0 radical (unpaired) electrons. The molecule has 0 heterocycles. The molecule has 1 amide bonds. The Bertz CT molecular complexity index is 676. The number of rotatable bonds is 9. The first-order valence-electron chi connectivity index (χ1n) is 8.34. The predicted molar refractivity (Wildman–Crippen MR) is 102 cm³/mol. The molecule has 0 spiro atoms. The van der Waals surface area contributed by atoms with E-state index in [0.717, 1.165) is 12.8 Å². The van der Waals surface area contributed by atoms with Gasteiger partial charge in [0.05, 0.1) is 0 Å². The Hall–Kier alpha value is -2.27. The van der Waals surface area contributed by atoms with Gasteiger partial charge in [0.15, 0.2) is 6.04 Å². The van der Waals surface area contributed by atoms with Gasteiger partial charge in [-0.3, -0.25) is 4.79 Å². The molecule has 5 heteroatoms. The zero-order valence-corrected chi connectivity index (χ0v) is 14.9. The molecule has 0 fully saturated rings. The molecule has 0 aliphatic rings. The number of carboxylic acid groups (broad SMARTS) is 1. The van der Waals surface area contributed by atoms with E-state index in [9.17, 15) is 14.7 Å². The minimum Gasteiger partial charge on any atom is -0.479 e. The van der Waals surface area contributed by atoms with Crippen LogP contribution in [0.4, 0.5) is 0 Å². The second-order valence-corrected chi connectivity index (χ2v) is 6.31. The van der Waals surface area contributed by atoms with Gasteiger partial charge in [-0.15, -0.1) is 0 Å². The molecule has 0 saturated carbocycles. The third-order valence-electron chi connectivity index (χ3n) is 4.12. The molecule has 0 unspecified atom stereocenters. The van der Waals surface area contributed by atoms with Crippen molar-refractivity contribution in [2.24, 2.45) is 5.92 Å². The van der Waals surface area contributed by atoms with E-state index < -0.39 is 12.0 Å². The minimum atomic E-state index is -1.07. The van der Waals surface area contributed by atoms with Crippen molar-refractivity contribution in [3.63, 3.8) is 0 Å². The molecule has 2 aromatic carbocycles. The standard InChI is InChI=1S/C20H23NO3S/c22-19(21-18(20(23)24)16-11-5-2-6-12-16)17(14-25)13-7-10-15-8-3-1-4-9-15/h1-6,8-9,11-12,17-18,25H,7,10,13-14H2,(H,21,22)(H,23,24)/t17-,18+/m0/s1. The molecule has 2 rings (SSSR count). The lowest BCUT2D eigenvalue weighted by Crippen LogP contribution is -2.38. The Morgan fingerprint density at radius 3 is 2.16 bits per heavy atom. The topological polar surface area (TPSA) is 66.4 Å². The maximum atomic E-state index is 12.5. The van der Waals surface area contributed by atoms with Crippen LogP contribution in [0.25, 0.3) is 0 Å². The summed E-state index contributed by atoms with van der Waals surface area (Å²) < 4.78 is 0. The number of thiol groups is 1. The lowest BCUT2D eigenvalue weighted by atomic mass is 9.99. The molecule has 0 bridgehead atoms. The van der Waals surface area contributed by atoms with Crippen molar-refractivity contribution in [2.75, 3.05) is 5.75 Å². The lowest BCUT2D eigenvalue weighted by Gasteiger charge is -2.19. The largest absolute Gasteiger partial charge is 0.479 e. The van der Waals surface area contributed by atoms with E-state index in [2.05, 4.69) is 30.1 Å². The van der Waals surface area contributed by atoms with Crippen LogP contribution >= 0.6 is 12.6 Å². The second-order valence-electron chi connectivity index (χ2n) is 5.95. The monoisotopic (exact) mass is 357 g/mol. The molecule has 0 aliphatic carbocycles. The Balaban J connectivity index is 1.92. The second kappa shape index (κ2) is 9.89. The molecule has 2 atom stereocenters. The highest BCUT2D eigenvalue weighted by Crippen LogP contribution is 2.17. The van der Waals surface area contributed by atoms with E-state index in [1.54, 1.807) is 24.3 Å². The smallest absolute Gasteiger partial charge is 0.330 e. The van der Waals surface area contributed by atoms with Gasteiger partial charge in [-0.25, -0.2) is 4.79 Å². The van der Waals surface area contributed by atoms with Crippen LogP contribution in [0, 0.1) is 5.92 Å². The number of carbonyl (C=O) groups excluding carboxylic acids is 1. The number of nitrogens with one attached hydrogen (secondary N) is 1. The molecule has 4 nitrogen and oxygen atoms in total. The van der Waals surface area contributed by atoms with Crippen molar-refractivity contribution in [3.8, 4) is 0 Å². The summed E-state index contributed by atoms with van der Waals surface area (Å²) in [5, 5.41) is 12.1. The van der Waals surface area contributed by atoms with Gasteiger partial charge in [0.1, 0.15) is 0 Å². The summed E-state index contributed by atoms with van der Waals surface area (Å²) in [6.07, 6.45) is 2.41. The summed E-state index contributed by atoms with van der Waals surface area (Å²) in [7, 11) is 0. The van der Waals surface area contributed by atoms with Crippen molar-refractivity contribution in [3.05, 3.63) is 71.8 Å². The maximum Gasteiger partial charge on any atom is 0.330 e. The van der Waals surface area contributed by atoms with Crippen LogP contribution in [-0.4, -0.2) is 22.7 Å². The van der Waals surface area contributed by atoms with E-state index >= 15 is 0 Å². The highest BCUT2D eigenvalue weighted by molar-refractivity contribution is 7.80. The normalized spacial score (nSPS) is 13.0. The van der Waals surface area contributed by atoms with Crippen LogP contribution in [0.15, 0.2) is 60.7 Å². The van der Waals surface area contributed by atoms with E-state index in [1.165, 1.54) is 5.56 Å². The van der Waals surface area contributed by atoms with Gasteiger partial charge >= 0.3 is 5.97 Å². The van der Waals surface area contributed by atoms with Crippen molar-refractivity contribution < 1.29 is 14.7 Å². The third-order valence-corrected chi connectivity index (χ3v) is 4.56. The number of aryl methyl sites for hydroxylation is 1. The molecule has 2 N–H and O–H groups in total. The van der Waals surface area contributed by atoms with Gasteiger partial charge < -0.3 is 10.4 Å². The summed E-state index contributed by atoms with van der Waals surface area (Å²) in [5.41, 5.74) is 1.79. The first-order valence-corrected chi connectivity index (χ1v) is 8.98. The van der Waals surface area contributed by atoms with Gasteiger partial charge in [0.2, 0.25) is 5.91 Å². The molecular formula is C20H23NO3S. The zero-order chi connectivity index (χ0) is 18.1. The van der Waals surface area contributed by atoms with Gasteiger partial charge in [-0.2, -0.15) is 12.6 Å².